The van der Waals surface area contributed by atoms with E-state index in [0.29, 0.717) is 12.5 Å². The van der Waals surface area contributed by atoms with Gasteiger partial charge in [0.15, 0.2) is 0 Å². The van der Waals surface area contributed by atoms with Crippen LogP contribution in [0.25, 0.3) is 0 Å². The number of ether oxygens (including phenoxy) is 1. The summed E-state index contributed by atoms with van der Waals surface area (Å²) in [6, 6.07) is 6.50. The molecule has 0 spiro atoms. The Kier molecular flexibility index (Phi) is 5.64. The van der Waals surface area contributed by atoms with E-state index in [1.165, 1.54) is 16.8 Å². The highest BCUT2D eigenvalue weighted by atomic mass is 35.5. The number of anilines is 1. The first kappa shape index (κ1) is 13.3. The van der Waals surface area contributed by atoms with Crippen molar-refractivity contribution < 1.29 is 4.74 Å². The summed E-state index contributed by atoms with van der Waals surface area (Å²) in [4.78, 5) is 2.21. The van der Waals surface area contributed by atoms with Crippen molar-refractivity contribution in [2.45, 2.75) is 13.8 Å². The highest BCUT2D eigenvalue weighted by Crippen LogP contribution is 2.19. The number of aryl methyl sites for hydroxylation is 2. The van der Waals surface area contributed by atoms with Gasteiger partial charge in [0.25, 0.3) is 0 Å². The Morgan fingerprint density at radius 1 is 1.25 bits per heavy atom. The Bertz CT molecular complexity index is 328. The third-order valence-corrected chi connectivity index (χ3v) is 2.71. The average molecular weight is 242 g/mol. The molecule has 1 aromatic carbocycles. The third kappa shape index (κ3) is 4.03. The second-order valence-corrected chi connectivity index (χ2v) is 4.39. The minimum Gasteiger partial charge on any atom is -0.378 e. The maximum absolute atomic E-state index is 5.54. The lowest BCUT2D eigenvalue weighted by atomic mass is 10.1. The first-order chi connectivity index (χ1) is 7.65. The molecule has 0 amide bonds. The molecule has 0 saturated carbocycles. The first-order valence-electron chi connectivity index (χ1n) is 5.57. The maximum Gasteiger partial charge on any atom is 0.0642 e. The van der Waals surface area contributed by atoms with Crippen molar-refractivity contribution in [2.24, 2.45) is 0 Å². The number of hydrogen-bond donors (Lipinski definition) is 0. The van der Waals surface area contributed by atoms with E-state index in [4.69, 9.17) is 16.3 Å². The van der Waals surface area contributed by atoms with Crippen LogP contribution < -0.4 is 4.90 Å². The molecule has 0 radical (unpaired) electrons. The Morgan fingerprint density at radius 2 is 2.00 bits per heavy atom. The highest BCUT2D eigenvalue weighted by molar-refractivity contribution is 6.17. The second kappa shape index (κ2) is 6.77. The summed E-state index contributed by atoms with van der Waals surface area (Å²) in [5.74, 6) is 0.563. The molecule has 0 aromatic heterocycles. The van der Waals surface area contributed by atoms with Crippen LogP contribution in [0.1, 0.15) is 11.1 Å². The lowest BCUT2D eigenvalue weighted by molar-refractivity contribution is 0.156. The van der Waals surface area contributed by atoms with Gasteiger partial charge in [0.1, 0.15) is 0 Å². The van der Waals surface area contributed by atoms with Crippen molar-refractivity contribution in [2.75, 3.05) is 37.6 Å². The van der Waals surface area contributed by atoms with Crippen molar-refractivity contribution in [1.29, 1.82) is 0 Å². The Morgan fingerprint density at radius 3 is 2.62 bits per heavy atom. The SMILES string of the molecule is Cc1ccc(N(C)CCOCCCl)c(C)c1. The van der Waals surface area contributed by atoms with Gasteiger partial charge >= 0.3 is 0 Å². The molecule has 3 heteroatoms. The van der Waals surface area contributed by atoms with Gasteiger partial charge in [0.05, 0.1) is 13.2 Å². The highest BCUT2D eigenvalue weighted by Gasteiger charge is 2.03. The van der Waals surface area contributed by atoms with E-state index in [-0.39, 0.29) is 0 Å². The molecule has 0 fully saturated rings. The van der Waals surface area contributed by atoms with Gasteiger partial charge in [-0.1, -0.05) is 17.7 Å². The molecule has 0 N–H and O–H groups in total. The molecular weight excluding hydrogens is 222 g/mol. The fourth-order valence-corrected chi connectivity index (χ4v) is 1.82. The fourth-order valence-electron chi connectivity index (χ4n) is 1.71. The molecular formula is C13H20ClNO. The molecule has 0 saturated heterocycles. The topological polar surface area (TPSA) is 12.5 Å². The predicted octanol–water partition coefficient (Wildman–Crippen LogP) is 3.00. The van der Waals surface area contributed by atoms with E-state index in [1.807, 2.05) is 0 Å². The van der Waals surface area contributed by atoms with Crippen molar-refractivity contribution >= 4 is 17.3 Å². The zero-order valence-corrected chi connectivity index (χ0v) is 11.0. The van der Waals surface area contributed by atoms with E-state index in [1.54, 1.807) is 0 Å². The molecule has 1 aromatic rings. The largest absolute Gasteiger partial charge is 0.378 e. The van der Waals surface area contributed by atoms with Gasteiger partial charge in [0, 0.05) is 25.2 Å². The molecule has 0 unspecified atom stereocenters. The van der Waals surface area contributed by atoms with Crippen LogP contribution in [-0.4, -0.2) is 32.7 Å². The van der Waals surface area contributed by atoms with Crippen molar-refractivity contribution in [3.8, 4) is 0 Å². The van der Waals surface area contributed by atoms with Crippen LogP contribution in [0.2, 0.25) is 0 Å². The van der Waals surface area contributed by atoms with E-state index < -0.39 is 0 Å². The molecule has 16 heavy (non-hydrogen) atoms. The van der Waals surface area contributed by atoms with Crippen LogP contribution in [0.15, 0.2) is 18.2 Å². The van der Waals surface area contributed by atoms with E-state index in [2.05, 4.69) is 44.0 Å². The van der Waals surface area contributed by atoms with Gasteiger partial charge in [-0.15, -0.1) is 11.6 Å². The van der Waals surface area contributed by atoms with Gasteiger partial charge in [-0.3, -0.25) is 0 Å². The zero-order chi connectivity index (χ0) is 12.0. The van der Waals surface area contributed by atoms with Crippen LogP contribution in [0.3, 0.4) is 0 Å². The number of rotatable bonds is 6. The predicted molar refractivity (Wildman–Crippen MR) is 70.7 cm³/mol. The second-order valence-electron chi connectivity index (χ2n) is 4.01. The van der Waals surface area contributed by atoms with Crippen molar-refractivity contribution in [3.05, 3.63) is 29.3 Å². The smallest absolute Gasteiger partial charge is 0.0642 e. The monoisotopic (exact) mass is 241 g/mol. The minimum atomic E-state index is 0.563. The zero-order valence-electron chi connectivity index (χ0n) is 10.3. The molecule has 0 atom stereocenters. The van der Waals surface area contributed by atoms with Crippen molar-refractivity contribution in [1.82, 2.24) is 0 Å². The van der Waals surface area contributed by atoms with Gasteiger partial charge in [0.2, 0.25) is 0 Å². The fraction of sp³-hybridized carbons (Fsp3) is 0.538. The third-order valence-electron chi connectivity index (χ3n) is 2.56. The molecule has 0 aliphatic rings. The average Bonchev–Trinajstić information content (AvgIpc) is 2.24. The molecule has 2 nitrogen and oxygen atoms in total. The lowest BCUT2D eigenvalue weighted by Crippen LogP contribution is -2.23. The Hall–Kier alpha value is -0.730. The van der Waals surface area contributed by atoms with Gasteiger partial charge in [-0.25, -0.2) is 0 Å². The normalized spacial score (nSPS) is 10.5. The van der Waals surface area contributed by atoms with Gasteiger partial charge < -0.3 is 9.64 Å². The summed E-state index contributed by atoms with van der Waals surface area (Å²) < 4.78 is 5.36. The van der Waals surface area contributed by atoms with E-state index in [0.717, 1.165) is 13.2 Å². The molecule has 1 rings (SSSR count). The number of likely N-dealkylation sites (N-methyl/N-ethyl adjacent to an activating group) is 1. The summed E-state index contributed by atoms with van der Waals surface area (Å²) >= 11 is 5.54. The van der Waals surface area contributed by atoms with Gasteiger partial charge in [-0.2, -0.15) is 0 Å². The summed E-state index contributed by atoms with van der Waals surface area (Å²) in [6.07, 6.45) is 0. The number of benzene rings is 1. The number of halogens is 1. The summed E-state index contributed by atoms with van der Waals surface area (Å²) in [7, 11) is 2.09. The van der Waals surface area contributed by atoms with Crippen LogP contribution in [-0.2, 0) is 4.74 Å². The minimum absolute atomic E-state index is 0.563. The van der Waals surface area contributed by atoms with Crippen LogP contribution in [0.4, 0.5) is 5.69 Å². The molecule has 90 valence electrons. The Labute approximate surface area is 103 Å². The quantitative estimate of drug-likeness (QED) is 0.561. The van der Waals surface area contributed by atoms with E-state index >= 15 is 0 Å². The summed E-state index contributed by atoms with van der Waals surface area (Å²) in [6.45, 7) is 6.48. The molecule has 0 aliphatic carbocycles. The van der Waals surface area contributed by atoms with Crippen LogP contribution in [0.5, 0.6) is 0 Å². The van der Waals surface area contributed by atoms with Gasteiger partial charge in [-0.05, 0) is 25.5 Å². The number of nitrogens with zero attached hydrogens (tertiary/aromatic N) is 1. The number of alkyl halides is 1. The standard InChI is InChI=1S/C13H20ClNO/c1-11-4-5-13(12(2)10-11)15(3)7-9-16-8-6-14/h4-5,10H,6-9H2,1-3H3. The van der Waals surface area contributed by atoms with Crippen molar-refractivity contribution in [3.63, 3.8) is 0 Å². The summed E-state index contributed by atoms with van der Waals surface area (Å²) in [5, 5.41) is 0. The first-order valence-corrected chi connectivity index (χ1v) is 6.10. The van der Waals surface area contributed by atoms with Crippen LogP contribution in [0, 0.1) is 13.8 Å². The maximum atomic E-state index is 5.54. The lowest BCUT2D eigenvalue weighted by Gasteiger charge is -2.21. The molecule has 0 aliphatic heterocycles. The molecule has 0 bridgehead atoms. The Balaban J connectivity index is 2.49. The number of hydrogen-bond acceptors (Lipinski definition) is 2. The van der Waals surface area contributed by atoms with Crippen LogP contribution >= 0.6 is 11.6 Å². The summed E-state index contributed by atoms with van der Waals surface area (Å²) in [5.41, 5.74) is 3.87. The van der Waals surface area contributed by atoms with E-state index in [9.17, 15) is 0 Å². The molecule has 0 heterocycles.